The van der Waals surface area contributed by atoms with E-state index in [4.69, 9.17) is 9.72 Å². The molecule has 5 aromatic rings. The second-order valence-corrected chi connectivity index (χ2v) is 8.33. The highest BCUT2D eigenvalue weighted by atomic mass is 79.9. The lowest BCUT2D eigenvalue weighted by molar-refractivity contribution is 0.0735. The Morgan fingerprint density at radius 1 is 0.812 bits per heavy atom. The maximum Gasteiger partial charge on any atom is 0.343 e. The van der Waals surface area contributed by atoms with Crippen molar-refractivity contribution >= 4 is 32.9 Å². The summed E-state index contributed by atoms with van der Waals surface area (Å²) < 4.78 is 8.66. The molecule has 4 nitrogen and oxygen atoms in total. The number of hydrogen-bond acceptors (Lipinski definition) is 3. The van der Waals surface area contributed by atoms with Crippen LogP contribution in [0.5, 0.6) is 5.75 Å². The molecule has 0 fully saturated rings. The summed E-state index contributed by atoms with van der Waals surface area (Å²) in [5.41, 5.74) is 4.70. The van der Waals surface area contributed by atoms with Crippen LogP contribution in [0.15, 0.2) is 108 Å². The van der Waals surface area contributed by atoms with E-state index in [1.54, 1.807) is 24.3 Å². The number of hydrogen-bond donors (Lipinski definition) is 0. The molecule has 0 unspecified atom stereocenters. The number of ether oxygens (including phenoxy) is 1. The van der Waals surface area contributed by atoms with Gasteiger partial charge in [-0.3, -0.25) is 0 Å². The van der Waals surface area contributed by atoms with Crippen molar-refractivity contribution in [1.29, 1.82) is 0 Å². The van der Waals surface area contributed by atoms with Crippen LogP contribution < -0.4 is 4.74 Å². The van der Waals surface area contributed by atoms with Crippen LogP contribution in [-0.2, 0) is 6.54 Å². The van der Waals surface area contributed by atoms with Gasteiger partial charge in [-0.2, -0.15) is 0 Å². The zero-order valence-electron chi connectivity index (χ0n) is 17.1. The van der Waals surface area contributed by atoms with E-state index in [0.29, 0.717) is 11.3 Å². The van der Waals surface area contributed by atoms with Gasteiger partial charge in [0.15, 0.2) is 0 Å². The Morgan fingerprint density at radius 2 is 1.50 bits per heavy atom. The average molecular weight is 483 g/mol. The van der Waals surface area contributed by atoms with Gasteiger partial charge in [0.1, 0.15) is 11.6 Å². The van der Waals surface area contributed by atoms with Crippen molar-refractivity contribution in [3.63, 3.8) is 0 Å². The topological polar surface area (TPSA) is 44.1 Å². The number of esters is 1. The van der Waals surface area contributed by atoms with Crippen LogP contribution in [0.3, 0.4) is 0 Å². The zero-order chi connectivity index (χ0) is 21.9. The summed E-state index contributed by atoms with van der Waals surface area (Å²) in [6.45, 7) is 0.719. The highest BCUT2D eigenvalue weighted by Crippen LogP contribution is 2.27. The van der Waals surface area contributed by atoms with Crippen LogP contribution >= 0.6 is 15.9 Å². The van der Waals surface area contributed by atoms with Gasteiger partial charge in [-0.25, -0.2) is 9.78 Å². The van der Waals surface area contributed by atoms with E-state index >= 15 is 0 Å². The highest BCUT2D eigenvalue weighted by molar-refractivity contribution is 9.10. The van der Waals surface area contributed by atoms with Crippen molar-refractivity contribution in [3.05, 3.63) is 119 Å². The van der Waals surface area contributed by atoms with Gasteiger partial charge in [0.2, 0.25) is 0 Å². The summed E-state index contributed by atoms with van der Waals surface area (Å²) in [6.07, 6.45) is 0. The van der Waals surface area contributed by atoms with Gasteiger partial charge in [-0.1, -0.05) is 58.4 Å². The fourth-order valence-electron chi connectivity index (χ4n) is 3.65. The van der Waals surface area contributed by atoms with Crippen LogP contribution in [-0.4, -0.2) is 15.5 Å². The summed E-state index contributed by atoms with van der Waals surface area (Å²) >= 11 is 3.37. The van der Waals surface area contributed by atoms with Gasteiger partial charge in [0.05, 0.1) is 16.6 Å². The van der Waals surface area contributed by atoms with E-state index < -0.39 is 0 Å². The molecular weight excluding hydrogens is 464 g/mol. The second kappa shape index (κ2) is 8.81. The maximum atomic E-state index is 12.4. The smallest absolute Gasteiger partial charge is 0.343 e. The van der Waals surface area contributed by atoms with Gasteiger partial charge in [0, 0.05) is 16.6 Å². The number of carbonyl (C=O) groups is 1. The standard InChI is InChI=1S/C27H19BrN2O2/c28-22-14-10-21(11-15-22)27(31)32-23-16-12-20(13-17-23)26-29-24-8-4-5-9-25(24)30(26)18-19-6-2-1-3-7-19/h1-17H,18H2. The number of para-hydroxylation sites is 2. The van der Waals surface area contributed by atoms with Crippen LogP contribution in [0.2, 0.25) is 0 Å². The second-order valence-electron chi connectivity index (χ2n) is 7.42. The molecule has 0 saturated carbocycles. The molecule has 0 aliphatic heterocycles. The fraction of sp³-hybridized carbons (Fsp3) is 0.0370. The summed E-state index contributed by atoms with van der Waals surface area (Å²) in [7, 11) is 0. The van der Waals surface area contributed by atoms with Gasteiger partial charge < -0.3 is 9.30 Å². The Labute approximate surface area is 194 Å². The molecule has 0 N–H and O–H groups in total. The predicted molar refractivity (Wildman–Crippen MR) is 130 cm³/mol. The molecule has 0 aliphatic rings. The third-order valence-electron chi connectivity index (χ3n) is 5.24. The minimum atomic E-state index is -0.387. The molecule has 0 aliphatic carbocycles. The quantitative estimate of drug-likeness (QED) is 0.206. The summed E-state index contributed by atoms with van der Waals surface area (Å²) in [4.78, 5) is 17.3. The van der Waals surface area contributed by atoms with Gasteiger partial charge >= 0.3 is 5.97 Å². The van der Waals surface area contributed by atoms with Gasteiger partial charge in [-0.05, 0) is 66.2 Å². The van der Waals surface area contributed by atoms with E-state index in [0.717, 1.165) is 33.4 Å². The van der Waals surface area contributed by atoms with Crippen LogP contribution in [0.1, 0.15) is 15.9 Å². The molecule has 4 aromatic carbocycles. The van der Waals surface area contributed by atoms with Crippen molar-refractivity contribution < 1.29 is 9.53 Å². The van der Waals surface area contributed by atoms with Crippen molar-refractivity contribution in [2.24, 2.45) is 0 Å². The first-order valence-corrected chi connectivity index (χ1v) is 11.0. The zero-order valence-corrected chi connectivity index (χ0v) is 18.7. The summed E-state index contributed by atoms with van der Waals surface area (Å²) in [5, 5.41) is 0. The van der Waals surface area contributed by atoms with Gasteiger partial charge in [0.25, 0.3) is 0 Å². The first-order chi connectivity index (χ1) is 15.7. The lowest BCUT2D eigenvalue weighted by Gasteiger charge is -2.10. The van der Waals surface area contributed by atoms with E-state index in [2.05, 4.69) is 38.7 Å². The molecule has 32 heavy (non-hydrogen) atoms. The number of fused-ring (bicyclic) bond motifs is 1. The molecule has 0 amide bonds. The molecule has 156 valence electrons. The molecule has 0 saturated heterocycles. The highest BCUT2D eigenvalue weighted by Gasteiger charge is 2.14. The Kier molecular flexibility index (Phi) is 5.57. The summed E-state index contributed by atoms with van der Waals surface area (Å²) in [5.74, 6) is 0.981. The van der Waals surface area contributed by atoms with Crippen molar-refractivity contribution in [2.45, 2.75) is 6.54 Å². The number of benzene rings is 4. The van der Waals surface area contributed by atoms with Crippen molar-refractivity contribution in [2.75, 3.05) is 0 Å². The number of nitrogens with zero attached hydrogens (tertiary/aromatic N) is 2. The predicted octanol–water partition coefficient (Wildman–Crippen LogP) is 6.73. The first kappa shape index (κ1) is 20.2. The fourth-order valence-corrected chi connectivity index (χ4v) is 3.91. The molecule has 1 aromatic heterocycles. The van der Waals surface area contributed by atoms with E-state index in [9.17, 15) is 4.79 Å². The third-order valence-corrected chi connectivity index (χ3v) is 5.77. The SMILES string of the molecule is O=C(Oc1ccc(-c2nc3ccccc3n2Cc2ccccc2)cc1)c1ccc(Br)cc1. The largest absolute Gasteiger partial charge is 0.423 e. The Bertz CT molecular complexity index is 1380. The van der Waals surface area contributed by atoms with Crippen molar-refractivity contribution in [1.82, 2.24) is 9.55 Å². The molecule has 0 radical (unpaired) electrons. The minimum absolute atomic E-state index is 0.387. The number of aromatic nitrogens is 2. The van der Waals surface area contributed by atoms with Crippen LogP contribution in [0, 0.1) is 0 Å². The first-order valence-electron chi connectivity index (χ1n) is 10.2. The molecular formula is C27H19BrN2O2. The monoisotopic (exact) mass is 482 g/mol. The third kappa shape index (κ3) is 4.20. The average Bonchev–Trinajstić information content (AvgIpc) is 3.19. The van der Waals surface area contributed by atoms with Crippen LogP contribution in [0.4, 0.5) is 0 Å². The molecule has 0 bridgehead atoms. The van der Waals surface area contributed by atoms with E-state index in [-0.39, 0.29) is 5.97 Å². The number of rotatable bonds is 5. The maximum absolute atomic E-state index is 12.4. The van der Waals surface area contributed by atoms with Gasteiger partial charge in [-0.15, -0.1) is 0 Å². The number of halogens is 1. The van der Waals surface area contributed by atoms with E-state index in [1.807, 2.05) is 60.7 Å². The molecule has 1 heterocycles. The lowest BCUT2D eigenvalue weighted by atomic mass is 10.2. The lowest BCUT2D eigenvalue weighted by Crippen LogP contribution is -2.08. The van der Waals surface area contributed by atoms with E-state index in [1.165, 1.54) is 5.56 Å². The Hall–Kier alpha value is -3.70. The Balaban J connectivity index is 1.44. The van der Waals surface area contributed by atoms with Crippen molar-refractivity contribution in [3.8, 4) is 17.1 Å². The molecule has 5 heteroatoms. The number of carbonyl (C=O) groups excluding carboxylic acids is 1. The minimum Gasteiger partial charge on any atom is -0.423 e. The molecule has 0 spiro atoms. The normalized spacial score (nSPS) is 10.9. The Morgan fingerprint density at radius 3 is 2.25 bits per heavy atom. The van der Waals surface area contributed by atoms with Crippen LogP contribution in [0.25, 0.3) is 22.4 Å². The molecule has 0 atom stereocenters. The number of imidazole rings is 1. The molecule has 5 rings (SSSR count). The summed E-state index contributed by atoms with van der Waals surface area (Å²) in [6, 6.07) is 33.0.